The van der Waals surface area contributed by atoms with E-state index in [9.17, 15) is 5.11 Å². The van der Waals surface area contributed by atoms with Crippen molar-refractivity contribution in [1.29, 1.82) is 0 Å². The summed E-state index contributed by atoms with van der Waals surface area (Å²) in [6, 6.07) is 8.49. The van der Waals surface area contributed by atoms with E-state index in [4.69, 9.17) is 0 Å². The first kappa shape index (κ1) is 14.5. The molecule has 0 aliphatic carbocycles. The molecule has 1 N–H and O–H groups in total. The van der Waals surface area contributed by atoms with Crippen LogP contribution in [-0.2, 0) is 6.42 Å². The summed E-state index contributed by atoms with van der Waals surface area (Å²) in [5, 5.41) is 14.0. The van der Waals surface area contributed by atoms with Gasteiger partial charge in [-0.05, 0) is 41.2 Å². The summed E-state index contributed by atoms with van der Waals surface area (Å²) in [7, 11) is 0. The first-order valence-corrected chi connectivity index (χ1v) is 8.27. The molecule has 0 spiro atoms. The second-order valence-corrected chi connectivity index (χ2v) is 6.28. The summed E-state index contributed by atoms with van der Waals surface area (Å²) in [5.41, 5.74) is 1.31. The molecule has 104 valence electrons. The fourth-order valence-electron chi connectivity index (χ4n) is 2.85. The number of thiophene rings is 1. The van der Waals surface area contributed by atoms with E-state index in [0.717, 1.165) is 32.1 Å². The van der Waals surface area contributed by atoms with Gasteiger partial charge in [0.25, 0.3) is 0 Å². The Morgan fingerprint density at radius 1 is 1.11 bits per heavy atom. The third-order valence-electron chi connectivity index (χ3n) is 3.85. The Morgan fingerprint density at radius 3 is 2.47 bits per heavy atom. The minimum Gasteiger partial charge on any atom is -0.392 e. The molecule has 1 aromatic carbocycles. The molecule has 0 aliphatic heterocycles. The fraction of sp³-hybridized carbons (Fsp3) is 0.529. The van der Waals surface area contributed by atoms with E-state index in [0.29, 0.717) is 5.92 Å². The normalized spacial score (nSPS) is 13.3. The van der Waals surface area contributed by atoms with Gasteiger partial charge in [0.1, 0.15) is 0 Å². The lowest BCUT2D eigenvalue weighted by molar-refractivity contribution is 0.0967. The lowest BCUT2D eigenvalue weighted by atomic mass is 9.89. The molecular weight excluding hydrogens is 252 g/mol. The number of benzene rings is 1. The predicted octanol–water partition coefficient (Wildman–Crippen LogP) is 5.02. The highest BCUT2D eigenvalue weighted by Crippen LogP contribution is 2.29. The highest BCUT2D eigenvalue weighted by Gasteiger charge is 2.19. The summed E-state index contributed by atoms with van der Waals surface area (Å²) < 4.78 is 1.33. The molecule has 0 bridgehead atoms. The van der Waals surface area contributed by atoms with Crippen LogP contribution < -0.4 is 0 Å². The molecule has 1 nitrogen and oxygen atoms in total. The lowest BCUT2D eigenvalue weighted by Gasteiger charge is -2.22. The third-order valence-corrected chi connectivity index (χ3v) is 4.87. The molecule has 2 aromatic rings. The molecule has 0 saturated heterocycles. The van der Waals surface area contributed by atoms with Crippen LogP contribution >= 0.6 is 11.3 Å². The first-order chi connectivity index (χ1) is 9.26. The van der Waals surface area contributed by atoms with Gasteiger partial charge in [-0.3, -0.25) is 0 Å². The van der Waals surface area contributed by atoms with Crippen molar-refractivity contribution in [3.05, 3.63) is 35.2 Å². The van der Waals surface area contributed by atoms with Crippen LogP contribution in [0.4, 0.5) is 0 Å². The van der Waals surface area contributed by atoms with Gasteiger partial charge < -0.3 is 5.11 Å². The zero-order valence-corrected chi connectivity index (χ0v) is 12.7. The van der Waals surface area contributed by atoms with Crippen LogP contribution in [0.1, 0.15) is 45.1 Å². The van der Waals surface area contributed by atoms with Crippen molar-refractivity contribution in [2.75, 3.05) is 0 Å². The Hall–Kier alpha value is -0.860. The van der Waals surface area contributed by atoms with Gasteiger partial charge >= 0.3 is 0 Å². The molecule has 2 rings (SSSR count). The van der Waals surface area contributed by atoms with Gasteiger partial charge in [0, 0.05) is 11.1 Å². The average Bonchev–Trinajstić information content (AvgIpc) is 2.82. The zero-order chi connectivity index (χ0) is 13.7. The van der Waals surface area contributed by atoms with Gasteiger partial charge in [0.05, 0.1) is 6.10 Å². The van der Waals surface area contributed by atoms with Crippen molar-refractivity contribution in [3.63, 3.8) is 0 Å². The smallest absolute Gasteiger partial charge is 0.0609 e. The average molecular weight is 276 g/mol. The zero-order valence-electron chi connectivity index (χ0n) is 11.9. The minimum atomic E-state index is -0.196. The molecule has 0 amide bonds. The maximum absolute atomic E-state index is 10.5. The summed E-state index contributed by atoms with van der Waals surface area (Å²) in [4.78, 5) is 0. The number of aliphatic hydroxyl groups excluding tert-OH is 1. The van der Waals surface area contributed by atoms with Crippen LogP contribution in [0.3, 0.4) is 0 Å². The molecule has 0 fully saturated rings. The van der Waals surface area contributed by atoms with E-state index in [1.165, 1.54) is 15.6 Å². The Balaban J connectivity index is 2.10. The molecule has 1 atom stereocenters. The van der Waals surface area contributed by atoms with Crippen LogP contribution in [-0.4, -0.2) is 11.2 Å². The van der Waals surface area contributed by atoms with Gasteiger partial charge in [0.2, 0.25) is 0 Å². The van der Waals surface area contributed by atoms with Gasteiger partial charge in [-0.1, -0.05) is 44.9 Å². The van der Waals surface area contributed by atoms with Gasteiger partial charge in [-0.15, -0.1) is 11.3 Å². The predicted molar refractivity (Wildman–Crippen MR) is 84.8 cm³/mol. The summed E-state index contributed by atoms with van der Waals surface area (Å²) in [5.74, 6) is 0.452. The van der Waals surface area contributed by atoms with Crippen molar-refractivity contribution >= 4 is 21.4 Å². The number of hydrogen-bond donors (Lipinski definition) is 1. The quantitative estimate of drug-likeness (QED) is 0.752. The summed E-state index contributed by atoms with van der Waals surface area (Å²) >= 11 is 1.78. The van der Waals surface area contributed by atoms with Crippen LogP contribution in [0.5, 0.6) is 0 Å². The molecule has 0 saturated carbocycles. The van der Waals surface area contributed by atoms with E-state index in [1.807, 2.05) is 0 Å². The molecular formula is C17H24OS. The minimum absolute atomic E-state index is 0.196. The Bertz CT molecular complexity index is 497. The number of hydrogen-bond acceptors (Lipinski definition) is 2. The number of fused-ring (bicyclic) bond motifs is 1. The fourth-order valence-corrected chi connectivity index (χ4v) is 3.83. The van der Waals surface area contributed by atoms with Gasteiger partial charge in [0.15, 0.2) is 0 Å². The van der Waals surface area contributed by atoms with E-state index < -0.39 is 0 Å². The molecule has 1 unspecified atom stereocenters. The topological polar surface area (TPSA) is 20.2 Å². The first-order valence-electron chi connectivity index (χ1n) is 7.39. The van der Waals surface area contributed by atoms with Crippen LogP contribution in [0.15, 0.2) is 29.6 Å². The maximum atomic E-state index is 10.5. The largest absolute Gasteiger partial charge is 0.392 e. The standard InChI is InChI=1S/C17H24OS/c1-3-7-13(8-4-2)16(18)11-14-12-19-17-10-6-5-9-15(14)17/h5-6,9-10,12-13,16,18H,3-4,7-8,11H2,1-2H3. The Morgan fingerprint density at radius 2 is 1.79 bits per heavy atom. The molecule has 1 aromatic heterocycles. The van der Waals surface area contributed by atoms with Crippen molar-refractivity contribution in [2.24, 2.45) is 5.92 Å². The third kappa shape index (κ3) is 3.58. The summed E-state index contributed by atoms with van der Waals surface area (Å²) in [6.07, 6.45) is 5.19. The van der Waals surface area contributed by atoms with Crippen molar-refractivity contribution in [2.45, 2.75) is 52.1 Å². The van der Waals surface area contributed by atoms with Crippen LogP contribution in [0, 0.1) is 5.92 Å². The van der Waals surface area contributed by atoms with E-state index in [-0.39, 0.29) is 6.10 Å². The molecule has 0 aliphatic rings. The van der Waals surface area contributed by atoms with E-state index >= 15 is 0 Å². The SMILES string of the molecule is CCCC(CCC)C(O)Cc1csc2ccccc12. The van der Waals surface area contributed by atoms with Gasteiger partial charge in [-0.2, -0.15) is 0 Å². The van der Waals surface area contributed by atoms with E-state index in [2.05, 4.69) is 43.5 Å². The van der Waals surface area contributed by atoms with Crippen LogP contribution in [0.2, 0.25) is 0 Å². The molecule has 2 heteroatoms. The molecule has 1 heterocycles. The Labute approximate surface area is 120 Å². The monoisotopic (exact) mass is 276 g/mol. The maximum Gasteiger partial charge on any atom is 0.0609 e. The molecule has 19 heavy (non-hydrogen) atoms. The van der Waals surface area contributed by atoms with Crippen LogP contribution in [0.25, 0.3) is 10.1 Å². The van der Waals surface area contributed by atoms with E-state index in [1.54, 1.807) is 11.3 Å². The second-order valence-electron chi connectivity index (χ2n) is 5.37. The van der Waals surface area contributed by atoms with Crippen molar-refractivity contribution < 1.29 is 5.11 Å². The highest BCUT2D eigenvalue weighted by molar-refractivity contribution is 7.17. The summed E-state index contributed by atoms with van der Waals surface area (Å²) in [6.45, 7) is 4.41. The van der Waals surface area contributed by atoms with Crippen molar-refractivity contribution in [3.8, 4) is 0 Å². The highest BCUT2D eigenvalue weighted by atomic mass is 32.1. The molecule has 0 radical (unpaired) electrons. The number of rotatable bonds is 7. The number of aliphatic hydroxyl groups is 1. The second kappa shape index (κ2) is 7.06. The van der Waals surface area contributed by atoms with Gasteiger partial charge in [-0.25, -0.2) is 0 Å². The Kier molecular flexibility index (Phi) is 5.41. The lowest BCUT2D eigenvalue weighted by Crippen LogP contribution is -2.22. The van der Waals surface area contributed by atoms with Crippen molar-refractivity contribution in [1.82, 2.24) is 0 Å².